The van der Waals surface area contributed by atoms with E-state index in [1.165, 1.54) is 11.5 Å². The molecule has 0 radical (unpaired) electrons. The quantitative estimate of drug-likeness (QED) is 0.685. The van der Waals surface area contributed by atoms with Crippen LogP contribution < -0.4 is 0 Å². The van der Waals surface area contributed by atoms with E-state index in [1.807, 2.05) is 34.9 Å². The zero-order chi connectivity index (χ0) is 10.3. The van der Waals surface area contributed by atoms with Gasteiger partial charge >= 0.3 is 0 Å². The smallest absolute Gasteiger partial charge is 0.213 e. The molecule has 5 heteroatoms. The summed E-state index contributed by atoms with van der Waals surface area (Å²) in [6.45, 7) is 0. The molecule has 2 aromatic heterocycles. The molecule has 1 aromatic carbocycles. The second-order valence-electron chi connectivity index (χ2n) is 3.14. The molecule has 2 heterocycles. The van der Waals surface area contributed by atoms with E-state index in [0.717, 1.165) is 20.7 Å². The molecule has 0 saturated heterocycles. The Bertz CT molecular complexity index is 568. The Morgan fingerprint density at radius 3 is 2.73 bits per heavy atom. The Balaban J connectivity index is 2.13. The number of hydrogen-bond acceptors (Lipinski definition) is 3. The summed E-state index contributed by atoms with van der Waals surface area (Å²) >= 11 is 4.81. The van der Waals surface area contributed by atoms with Gasteiger partial charge in [-0.1, -0.05) is 28.1 Å². The Morgan fingerprint density at radius 2 is 2.00 bits per heavy atom. The van der Waals surface area contributed by atoms with Crippen LogP contribution in [0.2, 0.25) is 0 Å². The second-order valence-corrected chi connectivity index (χ2v) is 4.81. The van der Waals surface area contributed by atoms with Gasteiger partial charge in [-0.05, 0) is 12.1 Å². The number of fused-ring (bicyclic) bond motifs is 1. The molecule has 0 spiro atoms. The van der Waals surface area contributed by atoms with E-state index >= 15 is 0 Å². The summed E-state index contributed by atoms with van der Waals surface area (Å²) in [5.41, 5.74) is 2.10. The van der Waals surface area contributed by atoms with Gasteiger partial charge in [-0.2, -0.15) is 4.37 Å². The maximum absolute atomic E-state index is 4.48. The monoisotopic (exact) mass is 279 g/mol. The molecule has 0 atom stereocenters. The zero-order valence-corrected chi connectivity index (χ0v) is 9.99. The first kappa shape index (κ1) is 9.06. The van der Waals surface area contributed by atoms with Crippen LogP contribution in [0.5, 0.6) is 0 Å². The van der Waals surface area contributed by atoms with Crippen LogP contribution in [0.25, 0.3) is 16.2 Å². The van der Waals surface area contributed by atoms with E-state index in [2.05, 4.69) is 25.3 Å². The van der Waals surface area contributed by atoms with Crippen LogP contribution in [-0.2, 0) is 0 Å². The van der Waals surface area contributed by atoms with Gasteiger partial charge in [0.05, 0.1) is 5.69 Å². The maximum Gasteiger partial charge on any atom is 0.213 e. The van der Waals surface area contributed by atoms with Crippen molar-refractivity contribution in [3.8, 4) is 11.3 Å². The molecule has 0 N–H and O–H groups in total. The third-order valence-corrected chi connectivity index (χ3v) is 3.34. The topological polar surface area (TPSA) is 30.2 Å². The number of aromatic nitrogens is 3. The van der Waals surface area contributed by atoms with Crippen molar-refractivity contribution in [3.05, 3.63) is 41.3 Å². The summed E-state index contributed by atoms with van der Waals surface area (Å²) in [4.78, 5) is 5.40. The van der Waals surface area contributed by atoms with E-state index in [1.54, 1.807) is 6.33 Å². The summed E-state index contributed by atoms with van der Waals surface area (Å²) in [5.74, 6) is 0. The molecular weight excluding hydrogens is 274 g/mol. The molecule has 0 fully saturated rings. The number of imidazole rings is 1. The van der Waals surface area contributed by atoms with E-state index < -0.39 is 0 Å². The lowest BCUT2D eigenvalue weighted by molar-refractivity contribution is 1.18. The second kappa shape index (κ2) is 3.43. The lowest BCUT2D eigenvalue weighted by Crippen LogP contribution is -1.76. The first-order valence-corrected chi connectivity index (χ1v) is 5.95. The Labute approximate surface area is 98.7 Å². The minimum atomic E-state index is 0.924. The van der Waals surface area contributed by atoms with Crippen molar-refractivity contribution < 1.29 is 0 Å². The summed E-state index contributed by atoms with van der Waals surface area (Å²) in [6.07, 6.45) is 3.76. The van der Waals surface area contributed by atoms with Crippen molar-refractivity contribution >= 4 is 32.4 Å². The minimum absolute atomic E-state index is 0.924. The van der Waals surface area contributed by atoms with Gasteiger partial charge in [-0.25, -0.2) is 4.98 Å². The summed E-state index contributed by atoms with van der Waals surface area (Å²) in [7, 11) is 0. The third-order valence-electron chi connectivity index (χ3n) is 2.14. The summed E-state index contributed by atoms with van der Waals surface area (Å²) < 4.78 is 7.06. The number of nitrogens with zero attached hydrogens (tertiary/aromatic N) is 3. The fourth-order valence-electron chi connectivity index (χ4n) is 1.41. The average molecular weight is 280 g/mol. The Morgan fingerprint density at radius 1 is 1.20 bits per heavy atom. The van der Waals surface area contributed by atoms with Gasteiger partial charge in [0.15, 0.2) is 0 Å². The van der Waals surface area contributed by atoms with E-state index in [0.29, 0.717) is 0 Å². The molecule has 0 bridgehead atoms. The van der Waals surface area contributed by atoms with E-state index in [4.69, 9.17) is 0 Å². The summed E-state index contributed by atoms with van der Waals surface area (Å²) in [6, 6.07) is 8.12. The van der Waals surface area contributed by atoms with Gasteiger partial charge in [0.1, 0.15) is 6.33 Å². The summed E-state index contributed by atoms with van der Waals surface area (Å²) in [5, 5.41) is 0. The molecule has 3 nitrogen and oxygen atoms in total. The normalized spacial score (nSPS) is 11.0. The lowest BCUT2D eigenvalue weighted by Gasteiger charge is -1.95. The van der Waals surface area contributed by atoms with Gasteiger partial charge in [-0.15, -0.1) is 0 Å². The van der Waals surface area contributed by atoms with E-state index in [9.17, 15) is 0 Å². The molecule has 15 heavy (non-hydrogen) atoms. The predicted molar refractivity (Wildman–Crippen MR) is 64.0 cm³/mol. The molecule has 74 valence electrons. The first-order chi connectivity index (χ1) is 7.33. The van der Waals surface area contributed by atoms with Gasteiger partial charge < -0.3 is 0 Å². The van der Waals surface area contributed by atoms with Crippen LogP contribution in [-0.4, -0.2) is 13.8 Å². The third kappa shape index (κ3) is 1.57. The number of rotatable bonds is 1. The fraction of sp³-hybridized carbons (Fsp3) is 0. The lowest BCUT2D eigenvalue weighted by atomic mass is 10.2. The molecule has 0 unspecified atom stereocenters. The Kier molecular flexibility index (Phi) is 2.07. The van der Waals surface area contributed by atoms with Gasteiger partial charge in [0.2, 0.25) is 4.96 Å². The van der Waals surface area contributed by atoms with Gasteiger partial charge in [0, 0.05) is 27.8 Å². The molecule has 0 aliphatic heterocycles. The largest absolute Gasteiger partial charge is 0.279 e. The highest BCUT2D eigenvalue weighted by molar-refractivity contribution is 9.10. The first-order valence-electron chi connectivity index (χ1n) is 4.38. The van der Waals surface area contributed by atoms with Crippen LogP contribution in [0, 0.1) is 0 Å². The molecular formula is C10H6BrN3S. The number of benzene rings is 1. The van der Waals surface area contributed by atoms with Crippen molar-refractivity contribution in [1.29, 1.82) is 0 Å². The van der Waals surface area contributed by atoms with Crippen molar-refractivity contribution in [1.82, 2.24) is 13.8 Å². The fourth-order valence-corrected chi connectivity index (χ4v) is 2.25. The van der Waals surface area contributed by atoms with E-state index in [-0.39, 0.29) is 0 Å². The maximum atomic E-state index is 4.48. The molecule has 3 aromatic rings. The highest BCUT2D eigenvalue weighted by Gasteiger charge is 2.04. The van der Waals surface area contributed by atoms with Crippen LogP contribution >= 0.6 is 27.5 Å². The van der Waals surface area contributed by atoms with Crippen LogP contribution in [0.4, 0.5) is 0 Å². The molecule has 0 amide bonds. The molecule has 0 aliphatic carbocycles. The van der Waals surface area contributed by atoms with Crippen molar-refractivity contribution in [2.45, 2.75) is 0 Å². The SMILES string of the molecule is Brc1ccc(-c2cn3cnsc3n2)cc1. The molecule has 0 saturated carbocycles. The van der Waals surface area contributed by atoms with Crippen molar-refractivity contribution in [3.63, 3.8) is 0 Å². The van der Waals surface area contributed by atoms with Crippen LogP contribution in [0.1, 0.15) is 0 Å². The highest BCUT2D eigenvalue weighted by atomic mass is 79.9. The average Bonchev–Trinajstić information content (AvgIpc) is 2.78. The van der Waals surface area contributed by atoms with Crippen molar-refractivity contribution in [2.24, 2.45) is 0 Å². The number of halogens is 1. The van der Waals surface area contributed by atoms with Gasteiger partial charge in [-0.3, -0.25) is 4.40 Å². The standard InChI is InChI=1S/C10H6BrN3S/c11-8-3-1-7(2-4-8)9-5-14-6-12-15-10(14)13-9/h1-6H. The van der Waals surface area contributed by atoms with Crippen LogP contribution in [0.15, 0.2) is 41.3 Å². The van der Waals surface area contributed by atoms with Gasteiger partial charge in [0.25, 0.3) is 0 Å². The highest BCUT2D eigenvalue weighted by Crippen LogP contribution is 2.22. The Hall–Kier alpha value is -1.20. The predicted octanol–water partition coefficient (Wildman–Crippen LogP) is 3.22. The van der Waals surface area contributed by atoms with Crippen LogP contribution in [0.3, 0.4) is 0 Å². The molecule has 0 aliphatic rings. The number of hydrogen-bond donors (Lipinski definition) is 0. The zero-order valence-electron chi connectivity index (χ0n) is 7.59. The molecule has 3 rings (SSSR count). The minimum Gasteiger partial charge on any atom is -0.279 e. The van der Waals surface area contributed by atoms with Crippen molar-refractivity contribution in [2.75, 3.05) is 0 Å².